The molecule has 11 aromatic carbocycles. The average molecular weight is 878 g/mol. The van der Waals surface area contributed by atoms with Gasteiger partial charge in [-0.3, -0.25) is 0 Å². The van der Waals surface area contributed by atoms with Gasteiger partial charge >= 0.3 is 0 Å². The van der Waals surface area contributed by atoms with Crippen LogP contribution in [0.5, 0.6) is 0 Å². The van der Waals surface area contributed by atoms with Crippen LogP contribution in [0.3, 0.4) is 0 Å². The van der Waals surface area contributed by atoms with Crippen LogP contribution in [0.15, 0.2) is 265 Å². The molecule has 2 heteroatoms. The van der Waals surface area contributed by atoms with Gasteiger partial charge in [0.05, 0.1) is 11.1 Å². The van der Waals surface area contributed by atoms with E-state index in [4.69, 9.17) is 4.42 Å². The van der Waals surface area contributed by atoms with Gasteiger partial charge in [-0.2, -0.15) is 0 Å². The Balaban J connectivity index is 1.05. The highest BCUT2D eigenvalue weighted by atomic mass is 16.3. The molecule has 2 aliphatic carbocycles. The first-order valence-corrected chi connectivity index (χ1v) is 23.8. The zero-order valence-electron chi connectivity index (χ0n) is 37.7. The molecule has 2 aliphatic rings. The zero-order chi connectivity index (χ0) is 45.5. The van der Waals surface area contributed by atoms with Crippen LogP contribution >= 0.6 is 0 Å². The molecule has 322 valence electrons. The van der Waals surface area contributed by atoms with Crippen LogP contribution in [0, 0.1) is 0 Å². The third-order valence-corrected chi connectivity index (χ3v) is 14.7. The van der Waals surface area contributed by atoms with Gasteiger partial charge in [0.15, 0.2) is 0 Å². The fourth-order valence-electron chi connectivity index (χ4n) is 11.8. The van der Waals surface area contributed by atoms with Crippen molar-refractivity contribution in [2.45, 2.75) is 5.41 Å². The van der Waals surface area contributed by atoms with Crippen LogP contribution in [0.4, 0.5) is 17.1 Å². The molecule has 0 amide bonds. The highest BCUT2D eigenvalue weighted by molar-refractivity contribution is 6.10. The maximum absolute atomic E-state index is 6.74. The third kappa shape index (κ3) is 5.92. The highest BCUT2D eigenvalue weighted by Gasteiger charge is 2.52. The molecule has 0 fully saturated rings. The summed E-state index contributed by atoms with van der Waals surface area (Å²) in [6.07, 6.45) is 0. The van der Waals surface area contributed by atoms with Crippen molar-refractivity contribution in [2.75, 3.05) is 4.90 Å². The predicted molar refractivity (Wildman–Crippen MR) is 286 cm³/mol. The van der Waals surface area contributed by atoms with Crippen LogP contribution < -0.4 is 4.90 Å². The molecule has 0 unspecified atom stereocenters. The van der Waals surface area contributed by atoms with Crippen molar-refractivity contribution >= 4 is 39.0 Å². The molecule has 12 aromatic rings. The van der Waals surface area contributed by atoms with E-state index < -0.39 is 5.41 Å². The average Bonchev–Trinajstić information content (AvgIpc) is 4.07. The smallest absolute Gasteiger partial charge is 0.143 e. The minimum atomic E-state index is -0.479. The van der Waals surface area contributed by atoms with E-state index >= 15 is 0 Å². The molecule has 1 heterocycles. The van der Waals surface area contributed by atoms with Gasteiger partial charge in [0, 0.05) is 33.3 Å². The normalized spacial score (nSPS) is 12.8. The lowest BCUT2D eigenvalue weighted by atomic mass is 9.70. The lowest BCUT2D eigenvalue weighted by Crippen LogP contribution is -2.25. The molecule has 14 rings (SSSR count). The first-order valence-electron chi connectivity index (χ1n) is 23.8. The Morgan fingerprint density at radius 3 is 1.38 bits per heavy atom. The van der Waals surface area contributed by atoms with Gasteiger partial charge in [-0.05, 0) is 120 Å². The summed E-state index contributed by atoms with van der Waals surface area (Å²) in [5.74, 6) is 0. The van der Waals surface area contributed by atoms with Crippen LogP contribution in [-0.4, -0.2) is 0 Å². The summed E-state index contributed by atoms with van der Waals surface area (Å²) in [6, 6.07) is 95.6. The number of nitrogens with zero attached hydrogens (tertiary/aromatic N) is 1. The number of anilines is 3. The molecule has 0 saturated heterocycles. The molecule has 1 spiro atoms. The van der Waals surface area contributed by atoms with Crippen molar-refractivity contribution < 1.29 is 4.42 Å². The van der Waals surface area contributed by atoms with E-state index in [9.17, 15) is 0 Å². The Hall–Kier alpha value is -8.98. The molecular weight excluding hydrogens is 835 g/mol. The summed E-state index contributed by atoms with van der Waals surface area (Å²) in [5, 5.41) is 2.23. The highest BCUT2D eigenvalue weighted by Crippen LogP contribution is 2.64. The molecule has 1 aromatic heterocycles. The van der Waals surface area contributed by atoms with Crippen molar-refractivity contribution in [3.05, 3.63) is 283 Å². The quantitative estimate of drug-likeness (QED) is 0.159. The fraction of sp³-hybridized carbons (Fsp3) is 0.0149. The Labute approximate surface area is 401 Å². The number of rotatable bonds is 7. The lowest BCUT2D eigenvalue weighted by Gasteiger charge is -2.31. The first kappa shape index (κ1) is 39.2. The van der Waals surface area contributed by atoms with Crippen molar-refractivity contribution in [2.24, 2.45) is 0 Å². The maximum atomic E-state index is 6.74. The lowest BCUT2D eigenvalue weighted by molar-refractivity contribution is 0.670. The molecule has 2 nitrogen and oxygen atoms in total. The van der Waals surface area contributed by atoms with Crippen LogP contribution in [0.2, 0.25) is 0 Å². The number of benzene rings is 11. The molecule has 0 saturated carbocycles. The van der Waals surface area contributed by atoms with Crippen LogP contribution in [-0.2, 0) is 5.41 Å². The van der Waals surface area contributed by atoms with E-state index in [0.29, 0.717) is 0 Å². The number of fused-ring (bicyclic) bond motifs is 13. The van der Waals surface area contributed by atoms with Gasteiger partial charge in [0.1, 0.15) is 11.2 Å². The maximum Gasteiger partial charge on any atom is 0.143 e. The Kier molecular flexibility index (Phi) is 8.84. The van der Waals surface area contributed by atoms with Crippen molar-refractivity contribution in [1.29, 1.82) is 0 Å². The number of hydrogen-bond acceptors (Lipinski definition) is 2. The van der Waals surface area contributed by atoms with E-state index in [1.165, 1.54) is 72.3 Å². The second-order valence-corrected chi connectivity index (χ2v) is 18.3. The van der Waals surface area contributed by atoms with Crippen molar-refractivity contribution in [3.63, 3.8) is 0 Å². The molecule has 0 N–H and O–H groups in total. The monoisotopic (exact) mass is 877 g/mol. The second-order valence-electron chi connectivity index (χ2n) is 18.3. The summed E-state index contributed by atoms with van der Waals surface area (Å²) in [5.41, 5.74) is 24.1. The number of para-hydroxylation sites is 2. The largest absolute Gasteiger partial charge is 0.455 e. The summed E-state index contributed by atoms with van der Waals surface area (Å²) >= 11 is 0. The van der Waals surface area contributed by atoms with Gasteiger partial charge in [-0.25, -0.2) is 0 Å². The van der Waals surface area contributed by atoms with E-state index in [2.05, 4.69) is 260 Å². The Bertz CT molecular complexity index is 3810. The summed E-state index contributed by atoms with van der Waals surface area (Å²) < 4.78 is 6.74. The van der Waals surface area contributed by atoms with E-state index in [0.717, 1.165) is 55.7 Å². The Morgan fingerprint density at radius 1 is 0.290 bits per heavy atom. The van der Waals surface area contributed by atoms with Gasteiger partial charge < -0.3 is 9.32 Å². The Morgan fingerprint density at radius 2 is 0.739 bits per heavy atom. The predicted octanol–water partition coefficient (Wildman–Crippen LogP) is 18.1. The fourth-order valence-corrected chi connectivity index (χ4v) is 11.8. The topological polar surface area (TPSA) is 16.4 Å². The summed E-state index contributed by atoms with van der Waals surface area (Å²) in [6.45, 7) is 0. The number of hydrogen-bond donors (Lipinski definition) is 0. The molecule has 0 aliphatic heterocycles. The second kappa shape index (κ2) is 15.6. The van der Waals surface area contributed by atoms with Gasteiger partial charge in [-0.1, -0.05) is 218 Å². The third-order valence-electron chi connectivity index (χ3n) is 14.7. The van der Waals surface area contributed by atoms with Crippen LogP contribution in [0.1, 0.15) is 22.3 Å². The SMILES string of the molecule is c1ccc(-c2ccc(N(c3ccc(-c4ccccc4)cc3)c3ccc(-c4cccc5c4oc4ccccc45)cc3-c3cccc4c3-c3ccccc3C43c4ccccc4-c4ccccc43)cc2)cc1. The van der Waals surface area contributed by atoms with E-state index in [-0.39, 0.29) is 0 Å². The van der Waals surface area contributed by atoms with E-state index in [1.807, 2.05) is 6.07 Å². The standard InChI is InChI=1S/C67H43NO/c1-3-17-44(18-4-1)46-33-38-49(39-34-46)68(50-40-35-47(36-41-50)45-19-5-2-6-20-45)63-42-37-48(51-25-15-27-56-54-23-10-14-32-64(54)69-66(51)56)43-58(63)55-26-16-31-62-65(55)57-24-9-13-30-61(57)67(62)59-28-11-7-21-52(59)53-22-8-12-29-60(53)67/h1-43H. The summed E-state index contributed by atoms with van der Waals surface area (Å²) in [7, 11) is 0. The summed E-state index contributed by atoms with van der Waals surface area (Å²) in [4.78, 5) is 2.45. The first-order chi connectivity index (χ1) is 34.2. The van der Waals surface area contributed by atoms with Crippen molar-refractivity contribution in [1.82, 2.24) is 0 Å². The minimum Gasteiger partial charge on any atom is -0.455 e. The molecule has 0 bridgehead atoms. The van der Waals surface area contributed by atoms with Crippen LogP contribution in [0.25, 0.3) is 88.7 Å². The van der Waals surface area contributed by atoms with Gasteiger partial charge in [0.2, 0.25) is 0 Å². The van der Waals surface area contributed by atoms with Gasteiger partial charge in [-0.15, -0.1) is 0 Å². The molecule has 0 radical (unpaired) electrons. The molecule has 0 atom stereocenters. The minimum absolute atomic E-state index is 0.479. The van der Waals surface area contributed by atoms with Crippen molar-refractivity contribution in [3.8, 4) is 66.8 Å². The van der Waals surface area contributed by atoms with E-state index in [1.54, 1.807) is 0 Å². The molecular formula is C67H43NO. The van der Waals surface area contributed by atoms with Gasteiger partial charge in [0.25, 0.3) is 0 Å². The number of furan rings is 1. The molecule has 69 heavy (non-hydrogen) atoms. The zero-order valence-corrected chi connectivity index (χ0v) is 37.7.